The molecule has 4 nitrogen and oxygen atoms in total. The first-order valence-electron chi connectivity index (χ1n) is 4.98. The highest BCUT2D eigenvalue weighted by Gasteiger charge is 2.04. The number of carbonyl (C=O) groups is 1. The summed E-state index contributed by atoms with van der Waals surface area (Å²) in [6.45, 7) is 1.72. The van der Waals surface area contributed by atoms with E-state index in [0.717, 1.165) is 16.6 Å². The Morgan fingerprint density at radius 1 is 1.44 bits per heavy atom. The molecule has 0 atom stereocenters. The molecule has 1 aromatic carbocycles. The molecule has 2 aromatic rings. The van der Waals surface area contributed by atoms with Crippen molar-refractivity contribution in [1.82, 2.24) is 4.57 Å². The number of aliphatic carboxylic acids is 1. The van der Waals surface area contributed by atoms with Crippen LogP contribution < -0.4 is 4.74 Å². The van der Waals surface area contributed by atoms with Crippen LogP contribution in [0.15, 0.2) is 24.3 Å². The Labute approximate surface area is 93.1 Å². The number of aromatic nitrogens is 1. The van der Waals surface area contributed by atoms with Crippen molar-refractivity contribution >= 4 is 16.9 Å². The van der Waals surface area contributed by atoms with Gasteiger partial charge in [0.1, 0.15) is 5.75 Å². The summed E-state index contributed by atoms with van der Waals surface area (Å²) in [4.78, 5) is 10.4. The van der Waals surface area contributed by atoms with Crippen molar-refractivity contribution in [1.29, 1.82) is 0 Å². The summed E-state index contributed by atoms with van der Waals surface area (Å²) in [5, 5.41) is 9.57. The third kappa shape index (κ3) is 1.86. The van der Waals surface area contributed by atoms with Gasteiger partial charge in [-0.15, -0.1) is 0 Å². The molecular formula is C12H13NO3. The van der Waals surface area contributed by atoms with E-state index in [1.807, 2.05) is 32.2 Å². The Morgan fingerprint density at radius 3 is 2.88 bits per heavy atom. The number of carboxylic acids is 1. The van der Waals surface area contributed by atoms with Gasteiger partial charge >= 0.3 is 5.97 Å². The van der Waals surface area contributed by atoms with Crippen molar-refractivity contribution in [3.63, 3.8) is 0 Å². The zero-order valence-corrected chi connectivity index (χ0v) is 9.23. The molecule has 0 saturated heterocycles. The van der Waals surface area contributed by atoms with E-state index in [1.165, 1.54) is 0 Å². The molecule has 0 amide bonds. The van der Waals surface area contributed by atoms with Crippen LogP contribution in [0.1, 0.15) is 5.69 Å². The molecule has 84 valence electrons. The Morgan fingerprint density at radius 2 is 2.19 bits per heavy atom. The molecule has 0 saturated carbocycles. The fourth-order valence-corrected chi connectivity index (χ4v) is 1.70. The lowest BCUT2D eigenvalue weighted by Gasteiger charge is -2.03. The molecule has 0 fully saturated rings. The van der Waals surface area contributed by atoms with Gasteiger partial charge in [-0.1, -0.05) is 0 Å². The summed E-state index contributed by atoms with van der Waals surface area (Å²) < 4.78 is 7.20. The first-order chi connectivity index (χ1) is 7.58. The van der Waals surface area contributed by atoms with Crippen LogP contribution in [-0.4, -0.2) is 22.2 Å². The molecule has 0 aliphatic rings. The van der Waals surface area contributed by atoms with Crippen molar-refractivity contribution in [2.24, 2.45) is 7.05 Å². The number of hydrogen-bond donors (Lipinski definition) is 1. The van der Waals surface area contributed by atoms with Gasteiger partial charge < -0.3 is 14.4 Å². The zero-order chi connectivity index (χ0) is 11.7. The molecule has 1 N–H and O–H groups in total. The van der Waals surface area contributed by atoms with Crippen LogP contribution in [0.2, 0.25) is 0 Å². The number of carboxylic acid groups (broad SMARTS) is 1. The van der Waals surface area contributed by atoms with Crippen LogP contribution in [0.4, 0.5) is 0 Å². The van der Waals surface area contributed by atoms with Crippen LogP contribution in [0, 0.1) is 6.92 Å². The standard InChI is InChI=1S/C12H13NO3/c1-8-5-9-6-10(16-7-12(14)15)3-4-11(9)13(8)2/h3-6H,7H2,1-2H3,(H,14,15). The minimum atomic E-state index is -0.968. The minimum absolute atomic E-state index is 0.308. The van der Waals surface area contributed by atoms with Crippen LogP contribution in [0.5, 0.6) is 5.75 Å². The van der Waals surface area contributed by atoms with Gasteiger partial charge in [0.2, 0.25) is 0 Å². The van der Waals surface area contributed by atoms with Gasteiger partial charge in [-0.2, -0.15) is 0 Å². The van der Waals surface area contributed by atoms with Gasteiger partial charge in [0.25, 0.3) is 0 Å². The van der Waals surface area contributed by atoms with E-state index in [4.69, 9.17) is 9.84 Å². The quantitative estimate of drug-likeness (QED) is 0.858. The Balaban J connectivity index is 2.33. The predicted octanol–water partition coefficient (Wildman–Crippen LogP) is 1.95. The molecule has 0 aliphatic heterocycles. The maximum absolute atomic E-state index is 10.4. The Bertz CT molecular complexity index is 542. The van der Waals surface area contributed by atoms with E-state index >= 15 is 0 Å². The third-order valence-corrected chi connectivity index (χ3v) is 2.62. The molecule has 4 heteroatoms. The molecule has 0 aliphatic carbocycles. The van der Waals surface area contributed by atoms with Crippen LogP contribution in [0.25, 0.3) is 10.9 Å². The number of nitrogens with zero attached hydrogens (tertiary/aromatic N) is 1. The van der Waals surface area contributed by atoms with E-state index in [0.29, 0.717) is 5.75 Å². The lowest BCUT2D eigenvalue weighted by atomic mass is 10.2. The number of rotatable bonds is 3. The maximum atomic E-state index is 10.4. The lowest BCUT2D eigenvalue weighted by Crippen LogP contribution is -2.09. The first-order valence-corrected chi connectivity index (χ1v) is 4.98. The highest BCUT2D eigenvalue weighted by Crippen LogP contribution is 2.23. The fraction of sp³-hybridized carbons (Fsp3) is 0.250. The van der Waals surface area contributed by atoms with E-state index < -0.39 is 5.97 Å². The van der Waals surface area contributed by atoms with Gasteiger partial charge in [-0.3, -0.25) is 0 Å². The van der Waals surface area contributed by atoms with Gasteiger partial charge in [0.05, 0.1) is 0 Å². The molecule has 0 unspecified atom stereocenters. The summed E-state index contributed by atoms with van der Waals surface area (Å²) in [6, 6.07) is 7.61. The second-order valence-electron chi connectivity index (χ2n) is 3.75. The van der Waals surface area contributed by atoms with E-state index in [9.17, 15) is 4.79 Å². The largest absolute Gasteiger partial charge is 0.482 e. The molecule has 2 rings (SSSR count). The van der Waals surface area contributed by atoms with E-state index in [2.05, 4.69) is 4.57 Å². The Kier molecular flexibility index (Phi) is 2.56. The maximum Gasteiger partial charge on any atom is 0.341 e. The molecule has 0 radical (unpaired) electrons. The van der Waals surface area contributed by atoms with Crippen LogP contribution in [-0.2, 0) is 11.8 Å². The second kappa shape index (κ2) is 3.89. The van der Waals surface area contributed by atoms with Crippen LogP contribution >= 0.6 is 0 Å². The number of benzene rings is 1. The molecule has 16 heavy (non-hydrogen) atoms. The lowest BCUT2D eigenvalue weighted by molar-refractivity contribution is -0.139. The summed E-state index contributed by atoms with van der Waals surface area (Å²) in [7, 11) is 2.00. The SMILES string of the molecule is Cc1cc2cc(OCC(=O)O)ccc2n1C. The second-order valence-corrected chi connectivity index (χ2v) is 3.75. The summed E-state index contributed by atoms with van der Waals surface area (Å²) >= 11 is 0. The van der Waals surface area contributed by atoms with Gasteiger partial charge in [-0.05, 0) is 31.2 Å². The van der Waals surface area contributed by atoms with Crippen molar-refractivity contribution in [3.8, 4) is 5.75 Å². The summed E-state index contributed by atoms with van der Waals surface area (Å²) in [6.07, 6.45) is 0. The van der Waals surface area contributed by atoms with Gasteiger partial charge in [0.15, 0.2) is 6.61 Å². The molecule has 0 bridgehead atoms. The van der Waals surface area contributed by atoms with E-state index in [1.54, 1.807) is 6.07 Å². The monoisotopic (exact) mass is 219 g/mol. The topological polar surface area (TPSA) is 51.5 Å². The first kappa shape index (κ1) is 10.5. The number of ether oxygens (including phenoxy) is 1. The molecular weight excluding hydrogens is 206 g/mol. The van der Waals surface area contributed by atoms with Crippen molar-refractivity contribution in [2.45, 2.75) is 6.92 Å². The highest BCUT2D eigenvalue weighted by atomic mass is 16.5. The zero-order valence-electron chi connectivity index (χ0n) is 9.23. The molecule has 1 heterocycles. The predicted molar refractivity (Wildman–Crippen MR) is 60.8 cm³/mol. The smallest absolute Gasteiger partial charge is 0.341 e. The number of hydrogen-bond acceptors (Lipinski definition) is 2. The van der Waals surface area contributed by atoms with Gasteiger partial charge in [0, 0.05) is 23.6 Å². The summed E-state index contributed by atoms with van der Waals surface area (Å²) in [5.41, 5.74) is 2.27. The van der Waals surface area contributed by atoms with Crippen molar-refractivity contribution in [2.75, 3.05) is 6.61 Å². The average molecular weight is 219 g/mol. The number of fused-ring (bicyclic) bond motifs is 1. The van der Waals surface area contributed by atoms with E-state index in [-0.39, 0.29) is 6.61 Å². The fourth-order valence-electron chi connectivity index (χ4n) is 1.70. The minimum Gasteiger partial charge on any atom is -0.482 e. The van der Waals surface area contributed by atoms with Crippen LogP contribution in [0.3, 0.4) is 0 Å². The molecule has 0 spiro atoms. The average Bonchev–Trinajstić information content (AvgIpc) is 2.52. The molecule has 1 aromatic heterocycles. The number of aryl methyl sites for hydroxylation is 2. The highest BCUT2D eigenvalue weighted by molar-refractivity contribution is 5.82. The normalized spacial score (nSPS) is 10.6. The Hall–Kier alpha value is -1.97. The third-order valence-electron chi connectivity index (χ3n) is 2.62. The van der Waals surface area contributed by atoms with Crippen molar-refractivity contribution < 1.29 is 14.6 Å². The van der Waals surface area contributed by atoms with Crippen molar-refractivity contribution in [3.05, 3.63) is 30.0 Å². The van der Waals surface area contributed by atoms with Gasteiger partial charge in [-0.25, -0.2) is 4.79 Å². The summed E-state index contributed by atoms with van der Waals surface area (Å²) in [5.74, 6) is -0.384.